The lowest BCUT2D eigenvalue weighted by molar-refractivity contribution is -0.140. The molecule has 0 aliphatic heterocycles. The van der Waals surface area contributed by atoms with Crippen molar-refractivity contribution in [2.24, 2.45) is 5.92 Å². The van der Waals surface area contributed by atoms with Crippen LogP contribution in [-0.2, 0) is 26.2 Å². The van der Waals surface area contributed by atoms with Crippen LogP contribution in [0, 0.1) is 12.8 Å². The molecular formula is C30H35Cl2N3O4S. The second-order valence-electron chi connectivity index (χ2n) is 9.93. The molecule has 0 aliphatic rings. The third-order valence-electron chi connectivity index (χ3n) is 6.42. The largest absolute Gasteiger partial charge is 0.354 e. The van der Waals surface area contributed by atoms with E-state index >= 15 is 0 Å². The number of amides is 2. The quantitative estimate of drug-likeness (QED) is 0.272. The summed E-state index contributed by atoms with van der Waals surface area (Å²) in [5.74, 6) is -0.648. The van der Waals surface area contributed by atoms with Crippen molar-refractivity contribution >= 4 is 50.7 Å². The molecule has 0 unspecified atom stereocenters. The van der Waals surface area contributed by atoms with Gasteiger partial charge in [0.15, 0.2) is 0 Å². The van der Waals surface area contributed by atoms with Crippen molar-refractivity contribution in [3.63, 3.8) is 0 Å². The van der Waals surface area contributed by atoms with Gasteiger partial charge in [-0.05, 0) is 60.7 Å². The summed E-state index contributed by atoms with van der Waals surface area (Å²) in [4.78, 5) is 28.8. The molecule has 10 heteroatoms. The Morgan fingerprint density at radius 3 is 2.23 bits per heavy atom. The van der Waals surface area contributed by atoms with Crippen molar-refractivity contribution in [3.05, 3.63) is 94.0 Å². The third kappa shape index (κ3) is 7.77. The van der Waals surface area contributed by atoms with Gasteiger partial charge in [-0.2, -0.15) is 0 Å². The molecular weight excluding hydrogens is 569 g/mol. The maximum atomic E-state index is 14.1. The lowest BCUT2D eigenvalue weighted by Crippen LogP contribution is -2.52. The Bertz CT molecular complexity index is 1430. The van der Waals surface area contributed by atoms with E-state index in [9.17, 15) is 18.0 Å². The number of nitrogens with one attached hydrogen (secondary N) is 1. The van der Waals surface area contributed by atoms with Gasteiger partial charge in [0.1, 0.15) is 12.6 Å². The van der Waals surface area contributed by atoms with Gasteiger partial charge >= 0.3 is 0 Å². The fraction of sp³-hybridized carbons (Fsp3) is 0.333. The number of benzene rings is 3. The van der Waals surface area contributed by atoms with E-state index in [1.54, 1.807) is 61.5 Å². The predicted molar refractivity (Wildman–Crippen MR) is 161 cm³/mol. The smallest absolute Gasteiger partial charge is 0.264 e. The molecule has 1 N–H and O–H groups in total. The Hall–Kier alpha value is -3.07. The molecule has 7 nitrogen and oxygen atoms in total. The molecule has 0 radical (unpaired) electrons. The van der Waals surface area contributed by atoms with Gasteiger partial charge in [0.05, 0.1) is 10.6 Å². The van der Waals surface area contributed by atoms with E-state index in [1.807, 2.05) is 20.8 Å². The number of hydrogen-bond donors (Lipinski definition) is 1. The number of hydrogen-bond acceptors (Lipinski definition) is 4. The molecule has 3 aromatic rings. The van der Waals surface area contributed by atoms with E-state index in [1.165, 1.54) is 23.1 Å². The fourth-order valence-electron chi connectivity index (χ4n) is 4.24. The molecule has 40 heavy (non-hydrogen) atoms. The van der Waals surface area contributed by atoms with Crippen molar-refractivity contribution in [1.82, 2.24) is 10.2 Å². The average molecular weight is 605 g/mol. The fourth-order valence-corrected chi connectivity index (χ4v) is 6.09. The van der Waals surface area contributed by atoms with E-state index in [0.29, 0.717) is 34.1 Å². The molecule has 0 heterocycles. The number of carbonyl (C=O) groups excluding carboxylic acids is 2. The molecule has 2 amide bonds. The van der Waals surface area contributed by atoms with Gasteiger partial charge in [-0.3, -0.25) is 13.9 Å². The number of rotatable bonds is 12. The highest BCUT2D eigenvalue weighted by Gasteiger charge is 2.34. The number of anilines is 1. The van der Waals surface area contributed by atoms with Crippen molar-refractivity contribution in [2.75, 3.05) is 17.4 Å². The molecule has 3 rings (SSSR count). The van der Waals surface area contributed by atoms with Crippen molar-refractivity contribution in [2.45, 2.75) is 51.6 Å². The Balaban J connectivity index is 2.09. The van der Waals surface area contributed by atoms with Crippen LogP contribution >= 0.6 is 23.2 Å². The monoisotopic (exact) mass is 603 g/mol. The van der Waals surface area contributed by atoms with Gasteiger partial charge in [0, 0.05) is 23.1 Å². The predicted octanol–water partition coefficient (Wildman–Crippen LogP) is 6.08. The number of halogens is 2. The van der Waals surface area contributed by atoms with Gasteiger partial charge in [-0.1, -0.05) is 86.4 Å². The molecule has 1 atom stereocenters. The Labute approximate surface area is 247 Å². The van der Waals surface area contributed by atoms with Crippen LogP contribution in [-0.4, -0.2) is 44.3 Å². The Morgan fingerprint density at radius 2 is 1.60 bits per heavy atom. The summed E-state index contributed by atoms with van der Waals surface area (Å²) in [6, 6.07) is 19.0. The SMILES string of the molecule is CC[C@H](C(=O)NCC(C)C)N(Cc1ccccc1Cl)C(=O)CN(c1cc(Cl)ccc1C)S(=O)(=O)c1ccccc1. The van der Waals surface area contributed by atoms with Crippen LogP contribution in [0.25, 0.3) is 0 Å². The van der Waals surface area contributed by atoms with Crippen LogP contribution in [0.2, 0.25) is 10.0 Å². The van der Waals surface area contributed by atoms with Gasteiger partial charge in [-0.25, -0.2) is 8.42 Å². The van der Waals surface area contributed by atoms with E-state index in [4.69, 9.17) is 23.2 Å². The first-order valence-corrected chi connectivity index (χ1v) is 15.3. The lowest BCUT2D eigenvalue weighted by Gasteiger charge is -2.34. The van der Waals surface area contributed by atoms with Gasteiger partial charge in [0.25, 0.3) is 10.0 Å². The third-order valence-corrected chi connectivity index (χ3v) is 8.80. The number of sulfonamides is 1. The summed E-state index contributed by atoms with van der Waals surface area (Å²) >= 11 is 12.7. The van der Waals surface area contributed by atoms with Gasteiger partial charge < -0.3 is 10.2 Å². The van der Waals surface area contributed by atoms with Crippen molar-refractivity contribution < 1.29 is 18.0 Å². The van der Waals surface area contributed by atoms with Crippen LogP contribution in [0.4, 0.5) is 5.69 Å². The standard InChI is InChI=1S/C30H35Cl2N3O4S/c1-5-27(30(37)33-18-21(2)3)34(19-23-11-9-10-14-26(23)32)29(36)20-35(28-17-24(31)16-15-22(28)4)40(38,39)25-12-7-6-8-13-25/h6-17,21,27H,5,18-20H2,1-4H3,(H,33,37)/t27-/m1/s1. The van der Waals surface area contributed by atoms with Gasteiger partial charge in [0.2, 0.25) is 11.8 Å². The van der Waals surface area contributed by atoms with Crippen LogP contribution in [0.3, 0.4) is 0 Å². The number of carbonyl (C=O) groups is 2. The second kappa shape index (κ2) is 14.0. The summed E-state index contributed by atoms with van der Waals surface area (Å²) in [6.07, 6.45) is 0.321. The Kier molecular flexibility index (Phi) is 11.0. The summed E-state index contributed by atoms with van der Waals surface area (Å²) in [5, 5.41) is 3.68. The second-order valence-corrected chi connectivity index (χ2v) is 12.6. The minimum atomic E-state index is -4.18. The van der Waals surface area contributed by atoms with Gasteiger partial charge in [-0.15, -0.1) is 0 Å². The molecule has 214 valence electrons. The highest BCUT2D eigenvalue weighted by atomic mass is 35.5. The topological polar surface area (TPSA) is 86.8 Å². The van der Waals surface area contributed by atoms with Crippen LogP contribution in [0.5, 0.6) is 0 Å². The molecule has 0 fully saturated rings. The Morgan fingerprint density at radius 1 is 0.950 bits per heavy atom. The molecule has 3 aromatic carbocycles. The van der Waals surface area contributed by atoms with Crippen molar-refractivity contribution in [3.8, 4) is 0 Å². The van der Waals surface area contributed by atoms with E-state index in [-0.39, 0.29) is 29.0 Å². The first kappa shape index (κ1) is 31.5. The van der Waals surface area contributed by atoms with E-state index < -0.39 is 28.5 Å². The van der Waals surface area contributed by atoms with Crippen LogP contribution in [0.1, 0.15) is 38.3 Å². The summed E-state index contributed by atoms with van der Waals surface area (Å²) in [7, 11) is -4.18. The highest BCUT2D eigenvalue weighted by molar-refractivity contribution is 7.92. The summed E-state index contributed by atoms with van der Waals surface area (Å²) in [5.41, 5.74) is 1.54. The maximum absolute atomic E-state index is 14.1. The number of nitrogens with zero attached hydrogens (tertiary/aromatic N) is 2. The average Bonchev–Trinajstić information content (AvgIpc) is 2.93. The van der Waals surface area contributed by atoms with Crippen LogP contribution < -0.4 is 9.62 Å². The number of aryl methyl sites for hydroxylation is 1. The summed E-state index contributed by atoms with van der Waals surface area (Å²) < 4.78 is 28.9. The lowest BCUT2D eigenvalue weighted by atomic mass is 10.1. The molecule has 0 bridgehead atoms. The minimum absolute atomic E-state index is 0.0276. The van der Waals surface area contributed by atoms with E-state index in [2.05, 4.69) is 5.32 Å². The molecule has 0 spiro atoms. The maximum Gasteiger partial charge on any atom is 0.264 e. The molecule has 0 aliphatic carbocycles. The summed E-state index contributed by atoms with van der Waals surface area (Å²) in [6.45, 7) is 7.45. The zero-order valence-electron chi connectivity index (χ0n) is 23.1. The first-order valence-electron chi connectivity index (χ1n) is 13.1. The molecule has 0 saturated carbocycles. The highest BCUT2D eigenvalue weighted by Crippen LogP contribution is 2.30. The first-order chi connectivity index (χ1) is 18.9. The molecule has 0 saturated heterocycles. The van der Waals surface area contributed by atoms with Crippen molar-refractivity contribution in [1.29, 1.82) is 0 Å². The molecule has 0 aromatic heterocycles. The zero-order valence-corrected chi connectivity index (χ0v) is 25.4. The normalized spacial score (nSPS) is 12.2. The minimum Gasteiger partial charge on any atom is -0.354 e. The van der Waals surface area contributed by atoms with E-state index in [0.717, 1.165) is 4.31 Å². The zero-order chi connectivity index (χ0) is 29.4. The van der Waals surface area contributed by atoms with Crippen LogP contribution in [0.15, 0.2) is 77.7 Å².